The van der Waals surface area contributed by atoms with E-state index in [-0.39, 0.29) is 11.6 Å². The number of halogens is 2. The Morgan fingerprint density at radius 3 is 1.20 bits per heavy atom. The number of carbonyl (C=O) groups excluding carboxylic acids is 2. The van der Waals surface area contributed by atoms with Crippen LogP contribution in [0, 0.1) is 21.7 Å². The molecule has 1 heterocycles. The highest BCUT2D eigenvalue weighted by molar-refractivity contribution is 6.30. The number of hydrogen-bond donors (Lipinski definition) is 0. The molecule has 0 bridgehead atoms. The van der Waals surface area contributed by atoms with Crippen molar-refractivity contribution in [3.63, 3.8) is 0 Å². The minimum absolute atomic E-state index is 0.000267. The van der Waals surface area contributed by atoms with Crippen molar-refractivity contribution in [2.45, 2.75) is 83.1 Å². The van der Waals surface area contributed by atoms with E-state index in [4.69, 9.17) is 43.5 Å². The molecule has 9 heteroatoms. The molecule has 0 spiro atoms. The Kier molecular flexibility index (Phi) is 12.0. The van der Waals surface area contributed by atoms with Crippen LogP contribution in [-0.4, -0.2) is 16.6 Å². The van der Waals surface area contributed by atoms with Gasteiger partial charge in [-0.3, -0.25) is 14.6 Å². The fourth-order valence-electron chi connectivity index (χ4n) is 6.28. The Bertz CT molecular complexity index is 2070. The van der Waals surface area contributed by atoms with Crippen LogP contribution in [0.2, 0.25) is 10.0 Å². The van der Waals surface area contributed by atoms with Crippen molar-refractivity contribution in [1.82, 2.24) is 4.98 Å². The number of hydrogen-bond acceptors (Lipinski definition) is 7. The van der Waals surface area contributed by atoms with Gasteiger partial charge < -0.3 is 0 Å². The van der Waals surface area contributed by atoms with Gasteiger partial charge in [-0.1, -0.05) is 106 Å². The van der Waals surface area contributed by atoms with E-state index in [2.05, 4.69) is 5.11 Å². The van der Waals surface area contributed by atoms with Crippen LogP contribution < -0.4 is 0 Å². The number of rotatable bonds is 6. The molecule has 1 aromatic heterocycles. The highest BCUT2D eigenvalue weighted by atomic mass is 35.5. The van der Waals surface area contributed by atoms with E-state index in [1.165, 1.54) is 0 Å². The van der Waals surface area contributed by atoms with E-state index in [0.717, 1.165) is 0 Å². The molecule has 2 aliphatic rings. The van der Waals surface area contributed by atoms with Gasteiger partial charge in [0.05, 0.1) is 11.4 Å². The number of Topliss-reactive ketones (excluding diaryl/α,β-unsaturated/α-hetero) is 2. The fourth-order valence-corrected chi connectivity index (χ4v) is 6.54. The highest BCUT2D eigenvalue weighted by Gasteiger charge is 2.37. The lowest BCUT2D eigenvalue weighted by Gasteiger charge is -2.32. The van der Waals surface area contributed by atoms with Gasteiger partial charge in [0.2, 0.25) is 0 Å². The molecule has 0 amide bonds. The van der Waals surface area contributed by atoms with Gasteiger partial charge in [-0.25, -0.2) is 0 Å². The van der Waals surface area contributed by atoms with Gasteiger partial charge in [-0.05, 0) is 107 Å². The molecular formula is C47H51Cl2N5O2. The lowest BCUT2D eigenvalue weighted by Crippen LogP contribution is -2.28. The number of ketones is 2. The Balaban J connectivity index is 1.94. The summed E-state index contributed by atoms with van der Waals surface area (Å²) in [7, 11) is 0. The topological polar surface area (TPSA) is 96.5 Å². The molecule has 0 radical (unpaired) electrons. The molecule has 0 aliphatic heterocycles. The molecule has 290 valence electrons. The number of pyridine rings is 1. The van der Waals surface area contributed by atoms with E-state index in [1.54, 1.807) is 54.7 Å². The first kappa shape index (κ1) is 42.3. The SMILES string of the molecule is CC(C)(C)C1=CC(=C(N=Nc2ccc(Cl)cc2)c2cccnc2C(N=Nc2ccc(Cl)cc2)=C2C=C(C(C)(C)C)C(=O)C(C(C)(C)C)=C2)C=C(C(C)(C)C)C1=O. The molecule has 0 saturated carbocycles. The normalized spacial score (nSPS) is 16.0. The van der Waals surface area contributed by atoms with Crippen LogP contribution in [0.5, 0.6) is 0 Å². The minimum Gasteiger partial charge on any atom is -0.289 e. The van der Waals surface area contributed by atoms with Crippen LogP contribution in [0.4, 0.5) is 11.4 Å². The molecule has 2 aliphatic carbocycles. The Morgan fingerprint density at radius 1 is 0.500 bits per heavy atom. The summed E-state index contributed by atoms with van der Waals surface area (Å²) in [5.41, 5.74) is 5.24. The smallest absolute Gasteiger partial charge is 0.186 e. The van der Waals surface area contributed by atoms with Crippen molar-refractivity contribution in [3.8, 4) is 0 Å². The third kappa shape index (κ3) is 9.74. The minimum atomic E-state index is -0.477. The Hall–Kier alpha value is -4.85. The van der Waals surface area contributed by atoms with Crippen LogP contribution in [-0.2, 0) is 9.59 Å². The van der Waals surface area contributed by atoms with E-state index in [0.29, 0.717) is 77.5 Å². The van der Waals surface area contributed by atoms with E-state index in [9.17, 15) is 9.59 Å². The van der Waals surface area contributed by atoms with Crippen LogP contribution in [0.25, 0.3) is 11.4 Å². The number of benzene rings is 2. The summed E-state index contributed by atoms with van der Waals surface area (Å²) in [5, 5.41) is 20.4. The molecule has 0 unspecified atom stereocenters. The first-order chi connectivity index (χ1) is 25.9. The first-order valence-electron chi connectivity index (χ1n) is 18.7. The maximum absolute atomic E-state index is 14.1. The van der Waals surface area contributed by atoms with Gasteiger partial charge in [0, 0.05) is 55.2 Å². The summed E-state index contributed by atoms with van der Waals surface area (Å²) in [4.78, 5) is 33.1. The van der Waals surface area contributed by atoms with Crippen molar-refractivity contribution >= 4 is 57.5 Å². The average Bonchev–Trinajstić information content (AvgIpc) is 3.09. The first-order valence-corrected chi connectivity index (χ1v) is 19.5. The second-order valence-electron chi connectivity index (χ2n) is 18.3. The van der Waals surface area contributed by atoms with Crippen molar-refractivity contribution < 1.29 is 9.59 Å². The zero-order chi connectivity index (χ0) is 41.4. The summed E-state index contributed by atoms with van der Waals surface area (Å²) in [5.74, 6) is -0.00425. The predicted octanol–water partition coefficient (Wildman–Crippen LogP) is 14.4. The quantitative estimate of drug-likeness (QED) is 0.233. The van der Waals surface area contributed by atoms with E-state index in [1.807, 2.05) is 120 Å². The predicted molar refractivity (Wildman–Crippen MR) is 230 cm³/mol. The molecule has 56 heavy (non-hydrogen) atoms. The van der Waals surface area contributed by atoms with Gasteiger partial charge in [0.1, 0.15) is 17.1 Å². The molecule has 2 aromatic carbocycles. The molecule has 0 atom stereocenters. The molecular weight excluding hydrogens is 737 g/mol. The lowest BCUT2D eigenvalue weighted by atomic mass is 9.71. The van der Waals surface area contributed by atoms with Crippen LogP contribution >= 0.6 is 23.2 Å². The monoisotopic (exact) mass is 787 g/mol. The maximum Gasteiger partial charge on any atom is 0.186 e. The number of allylic oxidation sites excluding steroid dienone is 10. The third-order valence-corrected chi connectivity index (χ3v) is 9.93. The fraction of sp³-hybridized carbons (Fsp3) is 0.340. The van der Waals surface area contributed by atoms with Crippen molar-refractivity contribution in [2.24, 2.45) is 42.1 Å². The van der Waals surface area contributed by atoms with Gasteiger partial charge in [0.25, 0.3) is 0 Å². The summed E-state index contributed by atoms with van der Waals surface area (Å²) in [6, 6.07) is 17.9. The second kappa shape index (κ2) is 16.0. The maximum atomic E-state index is 14.1. The zero-order valence-electron chi connectivity index (χ0n) is 34.5. The summed E-state index contributed by atoms with van der Waals surface area (Å²) in [6.07, 6.45) is 9.34. The average molecular weight is 789 g/mol. The summed E-state index contributed by atoms with van der Waals surface area (Å²) < 4.78 is 0. The third-order valence-electron chi connectivity index (χ3n) is 9.43. The highest BCUT2D eigenvalue weighted by Crippen LogP contribution is 2.44. The van der Waals surface area contributed by atoms with Crippen molar-refractivity contribution in [3.05, 3.63) is 146 Å². The van der Waals surface area contributed by atoms with Crippen molar-refractivity contribution in [2.75, 3.05) is 0 Å². The van der Waals surface area contributed by atoms with E-state index < -0.39 is 21.7 Å². The van der Waals surface area contributed by atoms with Gasteiger partial charge in [0.15, 0.2) is 11.6 Å². The summed E-state index contributed by atoms with van der Waals surface area (Å²) in [6.45, 7) is 24.4. The molecule has 0 saturated heterocycles. The number of aromatic nitrogens is 1. The lowest BCUT2D eigenvalue weighted by molar-refractivity contribution is -0.114. The molecule has 0 fully saturated rings. The largest absolute Gasteiger partial charge is 0.289 e. The molecule has 5 rings (SSSR count). The van der Waals surface area contributed by atoms with Gasteiger partial charge in [-0.15, -0.1) is 10.2 Å². The standard InChI is InChI=1S/C47H51Cl2N5O2/c1-44(2,3)35-24-28(25-36(42(35)55)45(4,5)6)39(53-51-32-19-15-30(48)16-20-32)34-14-13-23-50-41(34)40(54-52-33-21-17-31(49)18-22-33)29-26-37(46(7,8)9)43(56)38(27-29)47(10,11)12/h13-27H,1-12H3. The molecule has 0 N–H and O–H groups in total. The van der Waals surface area contributed by atoms with Gasteiger partial charge in [-0.2, -0.15) is 10.2 Å². The van der Waals surface area contributed by atoms with Crippen LogP contribution in [0.15, 0.2) is 145 Å². The zero-order valence-corrected chi connectivity index (χ0v) is 36.0. The Labute approximate surface area is 341 Å². The van der Waals surface area contributed by atoms with Crippen LogP contribution in [0.1, 0.15) is 94.3 Å². The number of azo groups is 2. The molecule has 7 nitrogen and oxygen atoms in total. The van der Waals surface area contributed by atoms with Gasteiger partial charge >= 0.3 is 0 Å². The van der Waals surface area contributed by atoms with Crippen molar-refractivity contribution in [1.29, 1.82) is 0 Å². The second-order valence-corrected chi connectivity index (χ2v) is 19.1. The number of nitrogens with zero attached hydrogens (tertiary/aromatic N) is 5. The van der Waals surface area contributed by atoms with E-state index >= 15 is 0 Å². The Morgan fingerprint density at radius 2 is 0.839 bits per heavy atom. The summed E-state index contributed by atoms with van der Waals surface area (Å²) >= 11 is 12.4. The number of carbonyl (C=O) groups is 2. The molecule has 3 aromatic rings. The van der Waals surface area contributed by atoms with Crippen LogP contribution in [0.3, 0.4) is 0 Å².